The fourth-order valence-electron chi connectivity index (χ4n) is 0. The topological polar surface area (TPSA) is 0 Å². The van der Waals surface area contributed by atoms with Crippen LogP contribution in [0.5, 0.6) is 0 Å². The molecule has 0 N–H and O–H groups in total. The van der Waals surface area contributed by atoms with E-state index in [9.17, 15) is 0 Å². The van der Waals surface area contributed by atoms with Crippen molar-refractivity contribution in [2.24, 2.45) is 0 Å². The molecule has 0 fully saturated rings. The van der Waals surface area contributed by atoms with Gasteiger partial charge in [0.2, 0.25) is 0 Å². The number of allylic oxidation sites excluding steroid dienone is 1. The van der Waals surface area contributed by atoms with Crippen LogP contribution in [0, 0.1) is 0 Å². The minimum Gasteiger partial charge on any atom is -0.197 e. The molecule has 1 atom stereocenters. The average Bonchev–Trinajstić information content (AvgIpc) is 0.811. The zero-order chi connectivity index (χ0) is 3.58. The Morgan fingerprint density at radius 3 is 1.33 bits per heavy atom. The lowest BCUT2D eigenvalue weighted by Crippen LogP contribution is -1.43. The van der Waals surface area contributed by atoms with Gasteiger partial charge in [0.05, 0.1) is 0 Å². The van der Waals surface area contributed by atoms with Crippen molar-refractivity contribution < 1.29 is 0 Å². The largest absolute Gasteiger partial charge is 0.197 e. The molecule has 0 aliphatic carbocycles. The summed E-state index contributed by atoms with van der Waals surface area (Å²) in [6.07, 6.45) is 0. The Kier molecular flexibility index (Phi) is 24.3. The van der Waals surface area contributed by atoms with E-state index in [2.05, 4.69) is 6.58 Å². The Hall–Kier alpha value is 0.520. The zero-order valence-corrected chi connectivity index (χ0v) is 6.83. The van der Waals surface area contributed by atoms with Crippen molar-refractivity contribution in [2.45, 2.75) is 13.8 Å². The highest BCUT2D eigenvalue weighted by molar-refractivity contribution is 7.59. The van der Waals surface area contributed by atoms with Crippen LogP contribution in [-0.2, 0) is 0 Å². The van der Waals surface area contributed by atoms with E-state index in [4.69, 9.17) is 0 Å². The van der Waals surface area contributed by atoms with Crippen LogP contribution in [0.3, 0.4) is 0 Å². The van der Waals surface area contributed by atoms with Crippen molar-refractivity contribution in [2.75, 3.05) is 0 Å². The Morgan fingerprint density at radius 2 is 1.33 bits per heavy atom. The summed E-state index contributed by atoms with van der Waals surface area (Å²) in [6.45, 7) is 7.50. The SMILES string of the molecule is C=C(C)C.P.S. The molecule has 0 aromatic carbocycles. The summed E-state index contributed by atoms with van der Waals surface area (Å²) in [4.78, 5) is 0. The van der Waals surface area contributed by atoms with E-state index in [0.29, 0.717) is 0 Å². The van der Waals surface area contributed by atoms with E-state index in [0.717, 1.165) is 0 Å². The molecule has 0 saturated carbocycles. The smallest absolute Gasteiger partial charge is 0.0445 e. The Balaban J connectivity index is -0.0000000450. The van der Waals surface area contributed by atoms with Crippen molar-refractivity contribution in [3.63, 3.8) is 0 Å². The average molecular weight is 124 g/mol. The van der Waals surface area contributed by atoms with Crippen LogP contribution in [0.4, 0.5) is 0 Å². The van der Waals surface area contributed by atoms with E-state index in [1.165, 1.54) is 5.57 Å². The van der Waals surface area contributed by atoms with Gasteiger partial charge in [-0.2, -0.15) is 23.4 Å². The van der Waals surface area contributed by atoms with Crippen molar-refractivity contribution in [1.82, 2.24) is 0 Å². The molecule has 0 aromatic heterocycles. The van der Waals surface area contributed by atoms with Gasteiger partial charge in [-0.05, 0) is 13.8 Å². The van der Waals surface area contributed by atoms with Gasteiger partial charge in [-0.25, -0.2) is 0 Å². The third-order valence-electron chi connectivity index (χ3n) is 0. The predicted octanol–water partition coefficient (Wildman–Crippen LogP) is 1.75. The molecule has 0 amide bonds. The quantitative estimate of drug-likeness (QED) is 0.341. The first-order chi connectivity index (χ1) is 1.73. The molecule has 2 heteroatoms. The van der Waals surface area contributed by atoms with Crippen LogP contribution in [0.25, 0.3) is 0 Å². The van der Waals surface area contributed by atoms with Gasteiger partial charge in [-0.15, -0.1) is 6.58 Å². The second kappa shape index (κ2) is 9.10. The summed E-state index contributed by atoms with van der Waals surface area (Å²) in [6, 6.07) is 0. The molecule has 40 valence electrons. The Bertz CT molecular complexity index is 30.5. The maximum Gasteiger partial charge on any atom is -0.0445 e. The molecular formula is C4H13PS. The summed E-state index contributed by atoms with van der Waals surface area (Å²) in [5.74, 6) is 0. The van der Waals surface area contributed by atoms with Crippen LogP contribution in [0.1, 0.15) is 13.8 Å². The number of rotatable bonds is 0. The molecule has 0 nitrogen and oxygen atoms in total. The predicted molar refractivity (Wildman–Crippen MR) is 42.0 cm³/mol. The molecule has 0 aliphatic heterocycles. The molecule has 0 saturated heterocycles. The van der Waals surface area contributed by atoms with Gasteiger partial charge in [0, 0.05) is 0 Å². The van der Waals surface area contributed by atoms with Crippen LogP contribution in [0.15, 0.2) is 12.2 Å². The van der Waals surface area contributed by atoms with Gasteiger partial charge in [0.1, 0.15) is 0 Å². The molecular weight excluding hydrogens is 111 g/mol. The molecule has 0 aromatic rings. The lowest BCUT2D eigenvalue weighted by molar-refractivity contribution is 1.42. The molecule has 1 unspecified atom stereocenters. The van der Waals surface area contributed by atoms with Gasteiger partial charge < -0.3 is 0 Å². The number of hydrogen-bond donors (Lipinski definition) is 0. The van der Waals surface area contributed by atoms with E-state index >= 15 is 0 Å². The molecule has 0 rings (SSSR count). The van der Waals surface area contributed by atoms with Crippen molar-refractivity contribution in [1.29, 1.82) is 0 Å². The fourth-order valence-corrected chi connectivity index (χ4v) is 0. The zero-order valence-electron chi connectivity index (χ0n) is 4.41. The standard InChI is InChI=1S/C4H8.H3P.H2S/c1-4(2)3;;/h1H2,2-3H3;1H3;1H2. The van der Waals surface area contributed by atoms with Gasteiger partial charge >= 0.3 is 0 Å². The van der Waals surface area contributed by atoms with Gasteiger partial charge in [0.15, 0.2) is 0 Å². The van der Waals surface area contributed by atoms with Crippen molar-refractivity contribution >= 4 is 23.4 Å². The first-order valence-corrected chi connectivity index (χ1v) is 1.35. The van der Waals surface area contributed by atoms with Crippen LogP contribution >= 0.6 is 23.4 Å². The molecule has 0 bridgehead atoms. The van der Waals surface area contributed by atoms with Crippen LogP contribution in [-0.4, -0.2) is 0 Å². The highest BCUT2D eigenvalue weighted by atomic mass is 32.1. The lowest BCUT2D eigenvalue weighted by Gasteiger charge is -1.65. The Morgan fingerprint density at radius 1 is 1.33 bits per heavy atom. The van der Waals surface area contributed by atoms with E-state index in [1.807, 2.05) is 13.8 Å². The first-order valence-electron chi connectivity index (χ1n) is 1.35. The fraction of sp³-hybridized carbons (Fsp3) is 0.500. The minimum absolute atomic E-state index is 0. The first kappa shape index (κ1) is 16.0. The lowest BCUT2D eigenvalue weighted by atomic mass is 10.4. The molecule has 0 heterocycles. The normalized spacial score (nSPS) is 4.33. The summed E-state index contributed by atoms with van der Waals surface area (Å²) in [5.41, 5.74) is 1.17. The van der Waals surface area contributed by atoms with Crippen molar-refractivity contribution in [3.05, 3.63) is 12.2 Å². The minimum atomic E-state index is 0. The monoisotopic (exact) mass is 124 g/mol. The number of hydrogen-bond acceptors (Lipinski definition) is 0. The summed E-state index contributed by atoms with van der Waals surface area (Å²) in [7, 11) is 0. The van der Waals surface area contributed by atoms with Crippen molar-refractivity contribution in [3.8, 4) is 0 Å². The third-order valence-corrected chi connectivity index (χ3v) is 0. The highest BCUT2D eigenvalue weighted by Gasteiger charge is 1.51. The third kappa shape index (κ3) is 207. The summed E-state index contributed by atoms with van der Waals surface area (Å²) < 4.78 is 0. The second-order valence-corrected chi connectivity index (χ2v) is 1.21. The van der Waals surface area contributed by atoms with E-state index in [-0.39, 0.29) is 23.4 Å². The highest BCUT2D eigenvalue weighted by Crippen LogP contribution is 1.73. The Labute approximate surface area is 50.1 Å². The van der Waals surface area contributed by atoms with Gasteiger partial charge in [-0.1, -0.05) is 5.57 Å². The maximum absolute atomic E-state index is 3.56. The molecule has 0 radical (unpaired) electrons. The molecule has 6 heavy (non-hydrogen) atoms. The molecule has 0 spiro atoms. The van der Waals surface area contributed by atoms with Gasteiger partial charge in [-0.3, -0.25) is 0 Å². The summed E-state index contributed by atoms with van der Waals surface area (Å²) >= 11 is 0. The van der Waals surface area contributed by atoms with Crippen LogP contribution in [0.2, 0.25) is 0 Å². The van der Waals surface area contributed by atoms with E-state index < -0.39 is 0 Å². The molecule has 0 aliphatic rings. The van der Waals surface area contributed by atoms with E-state index in [1.54, 1.807) is 0 Å². The van der Waals surface area contributed by atoms with Gasteiger partial charge in [0.25, 0.3) is 0 Å². The van der Waals surface area contributed by atoms with Crippen LogP contribution < -0.4 is 0 Å². The summed E-state index contributed by atoms with van der Waals surface area (Å²) in [5, 5.41) is 0. The second-order valence-electron chi connectivity index (χ2n) is 1.21. The maximum atomic E-state index is 3.56.